The van der Waals surface area contributed by atoms with E-state index in [2.05, 4.69) is 12.2 Å². The smallest absolute Gasteiger partial charge is 0.319 e. The van der Waals surface area contributed by atoms with Gasteiger partial charge in [0, 0.05) is 13.1 Å². The summed E-state index contributed by atoms with van der Waals surface area (Å²) in [5, 5.41) is 3.18. The topological polar surface area (TPSA) is 15.3 Å². The Kier molecular flexibility index (Phi) is 6.12. The summed E-state index contributed by atoms with van der Waals surface area (Å²) >= 11 is 0. The van der Waals surface area contributed by atoms with E-state index in [1.807, 2.05) is 14.0 Å². The van der Waals surface area contributed by atoms with Crippen LogP contribution in [-0.2, 0) is 0 Å². The molecule has 5 heteroatoms. The molecule has 0 bridgehead atoms. The molecule has 0 radical (unpaired) electrons. The van der Waals surface area contributed by atoms with Crippen LogP contribution in [0.25, 0.3) is 0 Å². The van der Waals surface area contributed by atoms with Crippen molar-refractivity contribution >= 4 is 0 Å². The molecular formula is C14H27F3N2. The van der Waals surface area contributed by atoms with Gasteiger partial charge in [0.1, 0.15) is 0 Å². The van der Waals surface area contributed by atoms with Gasteiger partial charge in [0.05, 0.1) is 6.54 Å². The Bertz CT molecular complexity index is 264. The number of hydrogen-bond donors (Lipinski definition) is 1. The van der Waals surface area contributed by atoms with Gasteiger partial charge in [-0.25, -0.2) is 0 Å². The second-order valence-electron chi connectivity index (χ2n) is 6.15. The number of alkyl halides is 3. The molecule has 114 valence electrons. The maximum atomic E-state index is 12.6. The van der Waals surface area contributed by atoms with Crippen molar-refractivity contribution in [3.63, 3.8) is 0 Å². The normalized spacial score (nSPS) is 28.9. The maximum absolute atomic E-state index is 12.6. The third-order valence-electron chi connectivity index (χ3n) is 4.15. The van der Waals surface area contributed by atoms with E-state index >= 15 is 0 Å². The van der Waals surface area contributed by atoms with E-state index < -0.39 is 12.7 Å². The summed E-state index contributed by atoms with van der Waals surface area (Å²) < 4.78 is 37.7. The monoisotopic (exact) mass is 280 g/mol. The second-order valence-corrected chi connectivity index (χ2v) is 6.15. The summed E-state index contributed by atoms with van der Waals surface area (Å²) in [4.78, 5) is 1.55. The van der Waals surface area contributed by atoms with Gasteiger partial charge in [-0.3, -0.25) is 4.90 Å². The van der Waals surface area contributed by atoms with E-state index in [4.69, 9.17) is 0 Å². The summed E-state index contributed by atoms with van der Waals surface area (Å²) in [6, 6.07) is 0. The molecular weight excluding hydrogens is 253 g/mol. The van der Waals surface area contributed by atoms with Crippen molar-refractivity contribution in [1.82, 2.24) is 10.2 Å². The highest BCUT2D eigenvalue weighted by atomic mass is 19.4. The Morgan fingerprint density at radius 3 is 2.53 bits per heavy atom. The van der Waals surface area contributed by atoms with E-state index in [9.17, 15) is 13.2 Å². The number of halogens is 3. The first-order valence-electron chi connectivity index (χ1n) is 7.24. The first kappa shape index (κ1) is 16.8. The lowest BCUT2D eigenvalue weighted by molar-refractivity contribution is -0.149. The molecule has 2 nitrogen and oxygen atoms in total. The van der Waals surface area contributed by atoms with Gasteiger partial charge in [-0.2, -0.15) is 13.2 Å². The third-order valence-corrected chi connectivity index (χ3v) is 4.15. The van der Waals surface area contributed by atoms with E-state index in [0.717, 1.165) is 25.8 Å². The first-order valence-corrected chi connectivity index (χ1v) is 7.24. The van der Waals surface area contributed by atoms with Gasteiger partial charge in [0.25, 0.3) is 0 Å². The summed E-state index contributed by atoms with van der Waals surface area (Å²) in [6.45, 7) is 5.05. The predicted molar refractivity (Wildman–Crippen MR) is 72.2 cm³/mol. The summed E-state index contributed by atoms with van der Waals surface area (Å²) in [5.74, 6) is 0.617. The zero-order valence-electron chi connectivity index (χ0n) is 12.3. The molecule has 0 amide bonds. The number of rotatable bonds is 6. The van der Waals surface area contributed by atoms with E-state index in [-0.39, 0.29) is 5.41 Å². The Labute approximate surface area is 114 Å². The highest BCUT2D eigenvalue weighted by molar-refractivity contribution is 4.89. The fraction of sp³-hybridized carbons (Fsp3) is 1.00. The molecule has 1 saturated carbocycles. The lowest BCUT2D eigenvalue weighted by Crippen LogP contribution is -2.48. The van der Waals surface area contributed by atoms with Gasteiger partial charge in [0.2, 0.25) is 0 Å². The van der Waals surface area contributed by atoms with Crippen molar-refractivity contribution in [2.75, 3.05) is 33.2 Å². The van der Waals surface area contributed by atoms with Gasteiger partial charge < -0.3 is 5.32 Å². The lowest BCUT2D eigenvalue weighted by atomic mass is 9.69. The van der Waals surface area contributed by atoms with Gasteiger partial charge in [-0.1, -0.05) is 26.7 Å². The predicted octanol–water partition coefficient (Wildman–Crippen LogP) is 3.29. The SMILES string of the molecule is CCN(CC(F)(F)F)CC1(CNC)CCCC(C)C1. The minimum Gasteiger partial charge on any atom is -0.319 e. The van der Waals surface area contributed by atoms with Crippen LogP contribution >= 0.6 is 0 Å². The molecule has 0 aromatic rings. The van der Waals surface area contributed by atoms with Crippen LogP contribution in [0.4, 0.5) is 13.2 Å². The van der Waals surface area contributed by atoms with Crippen LogP contribution < -0.4 is 5.32 Å². The highest BCUT2D eigenvalue weighted by Crippen LogP contribution is 2.40. The van der Waals surface area contributed by atoms with Crippen molar-refractivity contribution < 1.29 is 13.2 Å². The molecule has 0 heterocycles. The summed E-state index contributed by atoms with van der Waals surface area (Å²) in [6.07, 6.45) is 0.301. The van der Waals surface area contributed by atoms with Crippen LogP contribution in [0.1, 0.15) is 39.5 Å². The number of hydrogen-bond acceptors (Lipinski definition) is 2. The minimum atomic E-state index is -4.10. The molecule has 0 aliphatic heterocycles. The number of nitrogens with zero attached hydrogens (tertiary/aromatic N) is 1. The highest BCUT2D eigenvalue weighted by Gasteiger charge is 2.38. The summed E-state index contributed by atoms with van der Waals surface area (Å²) in [5.41, 5.74) is 0.00762. The molecule has 0 aromatic carbocycles. The molecule has 0 spiro atoms. The third kappa shape index (κ3) is 5.69. The molecule has 1 N–H and O–H groups in total. The quantitative estimate of drug-likeness (QED) is 0.803. The Hall–Kier alpha value is -0.290. The van der Waals surface area contributed by atoms with Crippen LogP contribution in [0, 0.1) is 11.3 Å². The Balaban J connectivity index is 2.70. The van der Waals surface area contributed by atoms with Crippen molar-refractivity contribution in [2.45, 2.75) is 45.7 Å². The zero-order chi connectivity index (χ0) is 14.5. The standard InChI is InChI=1S/C14H27F3N2/c1-4-19(11-14(15,16)17)10-13(9-18-3)7-5-6-12(2)8-13/h12,18H,4-11H2,1-3H3. The Morgan fingerprint density at radius 1 is 1.37 bits per heavy atom. The first-order chi connectivity index (χ1) is 8.80. The zero-order valence-corrected chi connectivity index (χ0v) is 12.3. The molecule has 0 aromatic heterocycles. The van der Waals surface area contributed by atoms with Gasteiger partial charge in [-0.05, 0) is 37.8 Å². The molecule has 2 unspecified atom stereocenters. The largest absolute Gasteiger partial charge is 0.401 e. The van der Waals surface area contributed by atoms with Crippen LogP contribution in [0.15, 0.2) is 0 Å². The van der Waals surface area contributed by atoms with Crippen molar-refractivity contribution in [2.24, 2.45) is 11.3 Å². The van der Waals surface area contributed by atoms with E-state index in [1.165, 1.54) is 6.42 Å². The molecule has 19 heavy (non-hydrogen) atoms. The van der Waals surface area contributed by atoms with E-state index in [1.54, 1.807) is 4.90 Å². The summed E-state index contributed by atoms with van der Waals surface area (Å²) in [7, 11) is 1.89. The van der Waals surface area contributed by atoms with Crippen molar-refractivity contribution in [1.29, 1.82) is 0 Å². The van der Waals surface area contributed by atoms with Crippen LogP contribution in [0.5, 0.6) is 0 Å². The molecule has 0 saturated heterocycles. The van der Waals surface area contributed by atoms with Crippen molar-refractivity contribution in [3.8, 4) is 0 Å². The lowest BCUT2D eigenvalue weighted by Gasteiger charge is -2.43. The fourth-order valence-corrected chi connectivity index (χ4v) is 3.51. The van der Waals surface area contributed by atoms with Crippen molar-refractivity contribution in [3.05, 3.63) is 0 Å². The van der Waals surface area contributed by atoms with Crippen LogP contribution in [0.2, 0.25) is 0 Å². The Morgan fingerprint density at radius 2 is 2.05 bits per heavy atom. The van der Waals surface area contributed by atoms with Gasteiger partial charge >= 0.3 is 6.18 Å². The molecule has 2 atom stereocenters. The molecule has 1 rings (SSSR count). The van der Waals surface area contributed by atoms with Gasteiger partial charge in [0.15, 0.2) is 0 Å². The number of nitrogens with one attached hydrogen (secondary N) is 1. The van der Waals surface area contributed by atoms with Crippen LogP contribution in [0.3, 0.4) is 0 Å². The molecule has 1 fully saturated rings. The fourth-order valence-electron chi connectivity index (χ4n) is 3.51. The van der Waals surface area contributed by atoms with E-state index in [0.29, 0.717) is 19.0 Å². The minimum absolute atomic E-state index is 0.00762. The van der Waals surface area contributed by atoms with Gasteiger partial charge in [-0.15, -0.1) is 0 Å². The average Bonchev–Trinajstić information content (AvgIpc) is 2.26. The molecule has 1 aliphatic rings. The maximum Gasteiger partial charge on any atom is 0.401 e. The van der Waals surface area contributed by atoms with Crippen LogP contribution in [-0.4, -0.2) is 44.3 Å². The molecule has 1 aliphatic carbocycles. The second kappa shape index (κ2) is 6.93. The average molecular weight is 280 g/mol.